The lowest BCUT2D eigenvalue weighted by atomic mass is 10.1. The number of aldehydes is 1. The van der Waals surface area contributed by atoms with Crippen molar-refractivity contribution in [3.8, 4) is 0 Å². The standard InChI is InChI=1S/C9H7F3O/c10-8(9(11)12)7-3-1-6(5-13)2-4-7/h1-5,8-9H. The minimum Gasteiger partial charge on any atom is -0.298 e. The maximum absolute atomic E-state index is 12.7. The van der Waals surface area contributed by atoms with E-state index in [1.54, 1.807) is 0 Å². The third kappa shape index (κ3) is 2.31. The fraction of sp³-hybridized carbons (Fsp3) is 0.222. The first kappa shape index (κ1) is 9.77. The summed E-state index contributed by atoms with van der Waals surface area (Å²) >= 11 is 0. The number of hydrogen-bond donors (Lipinski definition) is 0. The second kappa shape index (κ2) is 4.07. The highest BCUT2D eigenvalue weighted by Gasteiger charge is 2.20. The van der Waals surface area contributed by atoms with Crippen LogP contribution in [0, 0.1) is 0 Å². The molecule has 70 valence electrons. The van der Waals surface area contributed by atoms with Gasteiger partial charge in [0, 0.05) is 5.56 Å². The van der Waals surface area contributed by atoms with E-state index < -0.39 is 12.6 Å². The molecule has 0 aliphatic carbocycles. The molecule has 0 aliphatic heterocycles. The lowest BCUT2D eigenvalue weighted by Crippen LogP contribution is -2.02. The number of alkyl halides is 3. The molecule has 1 aromatic rings. The SMILES string of the molecule is O=Cc1ccc(C(F)C(F)F)cc1. The molecule has 1 rings (SSSR count). The molecule has 1 atom stereocenters. The molecule has 0 saturated heterocycles. The molecule has 0 heterocycles. The van der Waals surface area contributed by atoms with Crippen LogP contribution in [0.25, 0.3) is 0 Å². The molecule has 0 radical (unpaired) electrons. The predicted octanol–water partition coefficient (Wildman–Crippen LogP) is 2.77. The maximum Gasteiger partial charge on any atom is 0.273 e. The second-order valence-electron chi connectivity index (χ2n) is 2.52. The average molecular weight is 188 g/mol. The molecule has 1 aromatic carbocycles. The van der Waals surface area contributed by atoms with E-state index in [2.05, 4.69) is 0 Å². The molecule has 0 aliphatic rings. The molecule has 0 amide bonds. The Hall–Kier alpha value is -1.32. The summed E-state index contributed by atoms with van der Waals surface area (Å²) in [6.07, 6.45) is -4.73. The molecule has 1 unspecified atom stereocenters. The van der Waals surface area contributed by atoms with Crippen molar-refractivity contribution in [2.75, 3.05) is 0 Å². The van der Waals surface area contributed by atoms with Crippen LogP contribution in [0.2, 0.25) is 0 Å². The summed E-state index contributed by atoms with van der Waals surface area (Å²) in [7, 11) is 0. The molecule has 0 spiro atoms. The van der Waals surface area contributed by atoms with E-state index in [9.17, 15) is 18.0 Å². The number of carbonyl (C=O) groups is 1. The molecule has 0 saturated carbocycles. The molecular formula is C9H7F3O. The molecule has 0 aromatic heterocycles. The number of benzene rings is 1. The van der Waals surface area contributed by atoms with Crippen molar-refractivity contribution in [3.05, 3.63) is 35.4 Å². The molecule has 0 fully saturated rings. The molecule has 0 N–H and O–H groups in total. The summed E-state index contributed by atoms with van der Waals surface area (Å²) in [5.41, 5.74) is 0.228. The Kier molecular flexibility index (Phi) is 3.06. The smallest absolute Gasteiger partial charge is 0.273 e. The highest BCUT2D eigenvalue weighted by molar-refractivity contribution is 5.74. The van der Waals surface area contributed by atoms with Gasteiger partial charge in [0.15, 0.2) is 6.17 Å². The van der Waals surface area contributed by atoms with Gasteiger partial charge in [-0.3, -0.25) is 4.79 Å². The van der Waals surface area contributed by atoms with Crippen LogP contribution in [-0.4, -0.2) is 12.7 Å². The van der Waals surface area contributed by atoms with Crippen LogP contribution in [0.4, 0.5) is 13.2 Å². The quantitative estimate of drug-likeness (QED) is 0.666. The van der Waals surface area contributed by atoms with Gasteiger partial charge in [-0.2, -0.15) is 0 Å². The van der Waals surface area contributed by atoms with Gasteiger partial charge in [0.2, 0.25) is 0 Å². The van der Waals surface area contributed by atoms with Crippen LogP contribution in [-0.2, 0) is 0 Å². The summed E-state index contributed by atoms with van der Waals surface area (Å²) in [6.45, 7) is 0. The minimum absolute atomic E-state index is 0.111. The fourth-order valence-electron chi connectivity index (χ4n) is 0.904. The van der Waals surface area contributed by atoms with Crippen molar-refractivity contribution in [1.29, 1.82) is 0 Å². The third-order valence-corrected chi connectivity index (χ3v) is 1.61. The van der Waals surface area contributed by atoms with Crippen LogP contribution in [0.3, 0.4) is 0 Å². The summed E-state index contributed by atoms with van der Waals surface area (Å²) in [6, 6.07) is 4.97. The van der Waals surface area contributed by atoms with Gasteiger partial charge < -0.3 is 0 Å². The average Bonchev–Trinajstić information content (AvgIpc) is 2.17. The van der Waals surface area contributed by atoms with E-state index in [-0.39, 0.29) is 5.56 Å². The van der Waals surface area contributed by atoms with Crippen molar-refractivity contribution < 1.29 is 18.0 Å². The molecule has 0 bridgehead atoms. The van der Waals surface area contributed by atoms with Gasteiger partial charge in [0.25, 0.3) is 6.43 Å². The zero-order chi connectivity index (χ0) is 9.84. The molecule has 1 nitrogen and oxygen atoms in total. The number of hydrogen-bond acceptors (Lipinski definition) is 1. The van der Waals surface area contributed by atoms with Crippen LogP contribution < -0.4 is 0 Å². The number of carbonyl (C=O) groups excluding carboxylic acids is 1. The van der Waals surface area contributed by atoms with Gasteiger partial charge in [0.05, 0.1) is 0 Å². The molecular weight excluding hydrogens is 181 g/mol. The Balaban J connectivity index is 2.85. The van der Waals surface area contributed by atoms with E-state index in [1.807, 2.05) is 0 Å². The summed E-state index contributed by atoms with van der Waals surface area (Å²) in [5.74, 6) is 0. The van der Waals surface area contributed by atoms with Crippen molar-refractivity contribution in [3.63, 3.8) is 0 Å². The van der Waals surface area contributed by atoms with Crippen LogP contribution in [0.1, 0.15) is 22.1 Å². The summed E-state index contributed by atoms with van der Waals surface area (Å²) < 4.78 is 36.4. The first-order chi connectivity index (χ1) is 6.15. The second-order valence-corrected chi connectivity index (χ2v) is 2.52. The Morgan fingerprint density at radius 2 is 1.62 bits per heavy atom. The Morgan fingerprint density at radius 3 is 2.00 bits per heavy atom. The number of rotatable bonds is 3. The lowest BCUT2D eigenvalue weighted by molar-refractivity contribution is 0.0496. The maximum atomic E-state index is 12.7. The zero-order valence-corrected chi connectivity index (χ0v) is 6.58. The largest absolute Gasteiger partial charge is 0.298 e. The predicted molar refractivity (Wildman–Crippen MR) is 41.7 cm³/mol. The van der Waals surface area contributed by atoms with Crippen molar-refractivity contribution in [2.24, 2.45) is 0 Å². The fourth-order valence-corrected chi connectivity index (χ4v) is 0.904. The first-order valence-electron chi connectivity index (χ1n) is 3.62. The van der Waals surface area contributed by atoms with E-state index in [1.165, 1.54) is 24.3 Å². The first-order valence-corrected chi connectivity index (χ1v) is 3.62. The van der Waals surface area contributed by atoms with E-state index in [0.717, 1.165) is 0 Å². The van der Waals surface area contributed by atoms with E-state index in [4.69, 9.17) is 0 Å². The van der Waals surface area contributed by atoms with E-state index >= 15 is 0 Å². The van der Waals surface area contributed by atoms with Crippen LogP contribution in [0.15, 0.2) is 24.3 Å². The third-order valence-electron chi connectivity index (χ3n) is 1.61. The van der Waals surface area contributed by atoms with Gasteiger partial charge in [-0.25, -0.2) is 13.2 Å². The Morgan fingerprint density at radius 1 is 1.08 bits per heavy atom. The topological polar surface area (TPSA) is 17.1 Å². The van der Waals surface area contributed by atoms with Crippen molar-refractivity contribution in [2.45, 2.75) is 12.6 Å². The Labute approximate surface area is 73.2 Å². The van der Waals surface area contributed by atoms with E-state index in [0.29, 0.717) is 11.8 Å². The normalized spacial score (nSPS) is 12.9. The number of halogens is 3. The summed E-state index contributed by atoms with van der Waals surface area (Å²) in [5, 5.41) is 0. The molecule has 4 heteroatoms. The van der Waals surface area contributed by atoms with Crippen molar-refractivity contribution in [1.82, 2.24) is 0 Å². The van der Waals surface area contributed by atoms with Gasteiger partial charge >= 0.3 is 0 Å². The van der Waals surface area contributed by atoms with Crippen LogP contribution >= 0.6 is 0 Å². The van der Waals surface area contributed by atoms with Gasteiger partial charge in [-0.1, -0.05) is 24.3 Å². The van der Waals surface area contributed by atoms with Crippen LogP contribution in [0.5, 0.6) is 0 Å². The highest BCUT2D eigenvalue weighted by Crippen LogP contribution is 2.24. The van der Waals surface area contributed by atoms with Crippen molar-refractivity contribution >= 4 is 6.29 Å². The summed E-state index contributed by atoms with van der Waals surface area (Å²) in [4.78, 5) is 10.2. The zero-order valence-electron chi connectivity index (χ0n) is 6.58. The molecule has 13 heavy (non-hydrogen) atoms. The monoisotopic (exact) mass is 188 g/mol. The lowest BCUT2D eigenvalue weighted by Gasteiger charge is -2.06. The van der Waals surface area contributed by atoms with Gasteiger partial charge in [0.1, 0.15) is 6.29 Å². The highest BCUT2D eigenvalue weighted by atomic mass is 19.3. The van der Waals surface area contributed by atoms with Gasteiger partial charge in [-0.15, -0.1) is 0 Å². The Bertz CT molecular complexity index is 281. The van der Waals surface area contributed by atoms with Gasteiger partial charge in [-0.05, 0) is 5.56 Å². The minimum atomic E-state index is -3.03.